The van der Waals surface area contributed by atoms with Crippen LogP contribution >= 0.6 is 0 Å². The molecular weight excluding hydrogens is 375 g/mol. The first-order valence-electron chi connectivity index (χ1n) is 10.2. The Balaban J connectivity index is 1.60. The standard InChI is InChI=1S/C26H27FN2O/c1-3-17-30-25-15-13-22(14-16-25)21-9-11-23(12-10-21)26-19-28-24(18-29-26)8-6-4-5-7-20(2)27/h3,6,8-16,18-20H,1,4-5,7,17H2,2H3. The van der Waals surface area contributed by atoms with E-state index in [1.807, 2.05) is 36.4 Å². The lowest BCUT2D eigenvalue weighted by Crippen LogP contribution is -1.92. The molecule has 4 heteroatoms. The summed E-state index contributed by atoms with van der Waals surface area (Å²) in [6.07, 6.45) is 10.8. The molecule has 0 radical (unpaired) electrons. The number of aromatic nitrogens is 2. The first-order chi connectivity index (χ1) is 14.7. The summed E-state index contributed by atoms with van der Waals surface area (Å²) >= 11 is 0. The van der Waals surface area contributed by atoms with E-state index in [1.54, 1.807) is 25.4 Å². The molecule has 3 aromatic rings. The monoisotopic (exact) mass is 402 g/mol. The van der Waals surface area contributed by atoms with Crippen LogP contribution in [0.5, 0.6) is 5.75 Å². The van der Waals surface area contributed by atoms with Gasteiger partial charge in [-0.15, -0.1) is 0 Å². The van der Waals surface area contributed by atoms with E-state index in [0.717, 1.165) is 46.7 Å². The first-order valence-corrected chi connectivity index (χ1v) is 10.2. The molecule has 0 aliphatic heterocycles. The van der Waals surface area contributed by atoms with Gasteiger partial charge in [0.05, 0.1) is 30.0 Å². The minimum Gasteiger partial charge on any atom is -0.490 e. The zero-order chi connectivity index (χ0) is 21.2. The Kier molecular flexibility index (Phi) is 7.90. The van der Waals surface area contributed by atoms with Crippen LogP contribution in [0, 0.1) is 0 Å². The minimum atomic E-state index is -0.736. The number of hydrogen-bond acceptors (Lipinski definition) is 3. The molecule has 2 aromatic carbocycles. The zero-order valence-electron chi connectivity index (χ0n) is 17.3. The van der Waals surface area contributed by atoms with E-state index in [4.69, 9.17) is 4.74 Å². The number of hydrogen-bond donors (Lipinski definition) is 0. The van der Waals surface area contributed by atoms with Crippen molar-refractivity contribution >= 4 is 6.08 Å². The third-order valence-electron chi connectivity index (χ3n) is 4.67. The number of unbranched alkanes of at least 4 members (excludes halogenated alkanes) is 1. The third kappa shape index (κ3) is 6.38. The summed E-state index contributed by atoms with van der Waals surface area (Å²) in [4.78, 5) is 8.98. The predicted octanol–water partition coefficient (Wildman–Crippen LogP) is 6.92. The number of allylic oxidation sites excluding steroid dienone is 1. The Hall–Kier alpha value is -3.27. The molecule has 3 nitrogen and oxygen atoms in total. The number of rotatable bonds is 10. The van der Waals surface area contributed by atoms with E-state index in [2.05, 4.69) is 40.8 Å². The fraction of sp³-hybridized carbons (Fsp3) is 0.231. The van der Waals surface area contributed by atoms with Gasteiger partial charge in [-0.3, -0.25) is 9.97 Å². The van der Waals surface area contributed by atoms with Crippen LogP contribution in [-0.4, -0.2) is 22.7 Å². The van der Waals surface area contributed by atoms with Crippen molar-refractivity contribution in [1.29, 1.82) is 0 Å². The summed E-state index contributed by atoms with van der Waals surface area (Å²) in [6, 6.07) is 16.3. The molecule has 1 heterocycles. The van der Waals surface area contributed by atoms with Crippen LogP contribution in [0.15, 0.2) is 79.7 Å². The van der Waals surface area contributed by atoms with Gasteiger partial charge >= 0.3 is 0 Å². The van der Waals surface area contributed by atoms with Crippen LogP contribution in [-0.2, 0) is 0 Å². The van der Waals surface area contributed by atoms with Crippen molar-refractivity contribution in [1.82, 2.24) is 9.97 Å². The van der Waals surface area contributed by atoms with Crippen molar-refractivity contribution in [3.8, 4) is 28.1 Å². The number of alkyl halides is 1. The van der Waals surface area contributed by atoms with Crippen molar-refractivity contribution in [2.45, 2.75) is 32.4 Å². The maximum absolute atomic E-state index is 12.8. The summed E-state index contributed by atoms with van der Waals surface area (Å²) in [5.74, 6) is 0.830. The Bertz CT molecular complexity index is 946. The highest BCUT2D eigenvalue weighted by molar-refractivity contribution is 5.69. The molecule has 0 saturated heterocycles. The summed E-state index contributed by atoms with van der Waals surface area (Å²) in [5.41, 5.74) is 4.91. The van der Waals surface area contributed by atoms with Crippen molar-refractivity contribution in [3.05, 3.63) is 85.3 Å². The Morgan fingerprint density at radius 2 is 1.63 bits per heavy atom. The first kappa shape index (κ1) is 21.4. The quantitative estimate of drug-likeness (QED) is 0.273. The fourth-order valence-corrected chi connectivity index (χ4v) is 3.03. The van der Waals surface area contributed by atoms with Gasteiger partial charge in [0.15, 0.2) is 0 Å². The summed E-state index contributed by atoms with van der Waals surface area (Å²) in [6.45, 7) is 5.75. The van der Waals surface area contributed by atoms with Crippen molar-refractivity contribution in [3.63, 3.8) is 0 Å². The second kappa shape index (κ2) is 11.1. The van der Waals surface area contributed by atoms with E-state index < -0.39 is 6.17 Å². The lowest BCUT2D eigenvalue weighted by atomic mass is 10.0. The van der Waals surface area contributed by atoms with Crippen LogP contribution < -0.4 is 4.74 Å². The van der Waals surface area contributed by atoms with Gasteiger partial charge < -0.3 is 4.74 Å². The lowest BCUT2D eigenvalue weighted by Gasteiger charge is -2.07. The molecule has 154 valence electrons. The van der Waals surface area contributed by atoms with E-state index >= 15 is 0 Å². The topological polar surface area (TPSA) is 35.0 Å². The highest BCUT2D eigenvalue weighted by Gasteiger charge is 2.03. The van der Waals surface area contributed by atoms with Gasteiger partial charge in [0.25, 0.3) is 0 Å². The second-order valence-corrected chi connectivity index (χ2v) is 7.14. The molecule has 1 atom stereocenters. The normalized spacial score (nSPS) is 12.1. The number of ether oxygens (including phenoxy) is 1. The van der Waals surface area contributed by atoms with Gasteiger partial charge in [0, 0.05) is 5.56 Å². The molecule has 1 unspecified atom stereocenters. The summed E-state index contributed by atoms with van der Waals surface area (Å²) < 4.78 is 18.3. The van der Waals surface area contributed by atoms with Gasteiger partial charge in [-0.05, 0) is 55.5 Å². The third-order valence-corrected chi connectivity index (χ3v) is 4.67. The molecule has 0 saturated carbocycles. The largest absolute Gasteiger partial charge is 0.490 e. The number of nitrogens with zero attached hydrogens (tertiary/aromatic N) is 2. The fourth-order valence-electron chi connectivity index (χ4n) is 3.03. The predicted molar refractivity (Wildman–Crippen MR) is 122 cm³/mol. The molecule has 0 spiro atoms. The Morgan fingerprint density at radius 3 is 2.23 bits per heavy atom. The zero-order valence-corrected chi connectivity index (χ0v) is 17.3. The van der Waals surface area contributed by atoms with Gasteiger partial charge in [0.1, 0.15) is 12.4 Å². The molecule has 3 rings (SSSR count). The maximum Gasteiger partial charge on any atom is 0.119 e. The molecular formula is C26H27FN2O. The highest BCUT2D eigenvalue weighted by atomic mass is 19.1. The van der Waals surface area contributed by atoms with Crippen LogP contribution in [0.4, 0.5) is 4.39 Å². The average molecular weight is 403 g/mol. The van der Waals surface area contributed by atoms with Gasteiger partial charge in [-0.2, -0.15) is 0 Å². The Labute approximate surface area is 178 Å². The Morgan fingerprint density at radius 1 is 0.967 bits per heavy atom. The van der Waals surface area contributed by atoms with Crippen molar-refractivity contribution in [2.75, 3.05) is 6.61 Å². The van der Waals surface area contributed by atoms with E-state index in [-0.39, 0.29) is 0 Å². The molecule has 1 aromatic heterocycles. The van der Waals surface area contributed by atoms with Gasteiger partial charge in [-0.25, -0.2) is 4.39 Å². The molecule has 0 bridgehead atoms. The van der Waals surface area contributed by atoms with Gasteiger partial charge in [-0.1, -0.05) is 55.1 Å². The lowest BCUT2D eigenvalue weighted by molar-refractivity contribution is 0.335. The highest BCUT2D eigenvalue weighted by Crippen LogP contribution is 2.25. The van der Waals surface area contributed by atoms with Crippen LogP contribution in [0.1, 0.15) is 31.9 Å². The van der Waals surface area contributed by atoms with Gasteiger partial charge in [0.2, 0.25) is 0 Å². The molecule has 0 aliphatic rings. The molecule has 0 amide bonds. The van der Waals surface area contributed by atoms with Crippen LogP contribution in [0.25, 0.3) is 28.5 Å². The summed E-state index contributed by atoms with van der Waals surface area (Å²) in [7, 11) is 0. The SMILES string of the molecule is C=CCOc1ccc(-c2ccc(-c3cnc(C=CCCCC(C)F)cn3)cc2)cc1. The van der Waals surface area contributed by atoms with Crippen LogP contribution in [0.2, 0.25) is 0 Å². The molecule has 0 fully saturated rings. The second-order valence-electron chi connectivity index (χ2n) is 7.14. The van der Waals surface area contributed by atoms with Crippen molar-refractivity contribution in [2.24, 2.45) is 0 Å². The van der Waals surface area contributed by atoms with E-state index in [9.17, 15) is 4.39 Å². The van der Waals surface area contributed by atoms with Crippen LogP contribution in [0.3, 0.4) is 0 Å². The van der Waals surface area contributed by atoms with E-state index in [1.165, 1.54) is 0 Å². The molecule has 0 N–H and O–H groups in total. The maximum atomic E-state index is 12.8. The minimum absolute atomic E-state index is 0.502. The average Bonchev–Trinajstić information content (AvgIpc) is 2.78. The number of benzene rings is 2. The smallest absolute Gasteiger partial charge is 0.119 e. The molecule has 0 aliphatic carbocycles. The molecule has 30 heavy (non-hydrogen) atoms. The van der Waals surface area contributed by atoms with E-state index in [0.29, 0.717) is 13.0 Å². The number of halogens is 1. The van der Waals surface area contributed by atoms with Crippen molar-refractivity contribution < 1.29 is 9.13 Å². The summed E-state index contributed by atoms with van der Waals surface area (Å²) in [5, 5.41) is 0.